The summed E-state index contributed by atoms with van der Waals surface area (Å²) in [5.74, 6) is -2.77. The fraction of sp³-hybridized carbons (Fsp3) is 0.167. The summed E-state index contributed by atoms with van der Waals surface area (Å²) in [7, 11) is 0. The number of halogens is 2. The van der Waals surface area contributed by atoms with Crippen molar-refractivity contribution in [2.75, 3.05) is 11.1 Å². The summed E-state index contributed by atoms with van der Waals surface area (Å²) < 4.78 is 24.4. The molecule has 106 valence electrons. The van der Waals surface area contributed by atoms with Crippen LogP contribution in [0.25, 0.3) is 0 Å². The third-order valence-corrected chi connectivity index (χ3v) is 4.06. The number of nitrogens with two attached hydrogens (primary N) is 1. The molecule has 0 aliphatic heterocycles. The molecule has 0 radical (unpaired) electrons. The van der Waals surface area contributed by atoms with Gasteiger partial charge < -0.3 is 11.1 Å². The van der Waals surface area contributed by atoms with Crippen LogP contribution in [0.1, 0.15) is 15.4 Å². The third kappa shape index (κ3) is 3.67. The van der Waals surface area contributed by atoms with Crippen LogP contribution in [0.4, 0.5) is 19.6 Å². The van der Waals surface area contributed by atoms with Gasteiger partial charge in [-0.05, 0) is 31.2 Å². The Kier molecular flexibility index (Phi) is 4.56. The zero-order chi connectivity index (χ0) is 14.7. The number of nitrogen functional groups attached to an aromatic ring is 1. The first-order valence-corrected chi connectivity index (χ1v) is 7.24. The van der Waals surface area contributed by atoms with Crippen molar-refractivity contribution in [3.8, 4) is 0 Å². The van der Waals surface area contributed by atoms with E-state index in [4.69, 9.17) is 5.73 Å². The van der Waals surface area contributed by atoms with Crippen LogP contribution in [-0.4, -0.2) is 16.6 Å². The van der Waals surface area contributed by atoms with E-state index in [0.29, 0.717) is 38.0 Å². The standard InChI is InChI=1S/C12H11F2N3OS2/c1-6-9(20-12(15)16-6)10(18)17-7-2-4-8(5-3-7)19-11(13)14/h2-5,11H,1H3,(H2,15,16)(H,17,18). The molecule has 0 aliphatic rings. The molecule has 1 heterocycles. The van der Waals surface area contributed by atoms with Gasteiger partial charge in [0.1, 0.15) is 4.88 Å². The highest BCUT2D eigenvalue weighted by molar-refractivity contribution is 7.99. The first kappa shape index (κ1) is 14.7. The smallest absolute Gasteiger partial charge is 0.288 e. The number of benzene rings is 1. The highest BCUT2D eigenvalue weighted by Gasteiger charge is 2.14. The number of nitrogens with zero attached hydrogens (tertiary/aromatic N) is 1. The Morgan fingerprint density at radius 3 is 2.55 bits per heavy atom. The minimum absolute atomic E-state index is 0.314. The molecule has 3 N–H and O–H groups in total. The predicted octanol–water partition coefficient (Wildman–Crippen LogP) is 3.60. The summed E-state index contributed by atoms with van der Waals surface area (Å²) in [4.78, 5) is 16.8. The third-order valence-electron chi connectivity index (χ3n) is 2.36. The van der Waals surface area contributed by atoms with Gasteiger partial charge in [-0.3, -0.25) is 4.79 Å². The van der Waals surface area contributed by atoms with Crippen LogP contribution in [0.15, 0.2) is 29.2 Å². The normalized spacial score (nSPS) is 10.8. The summed E-state index contributed by atoms with van der Waals surface area (Å²) >= 11 is 1.56. The Balaban J connectivity index is 2.06. The van der Waals surface area contributed by atoms with Crippen LogP contribution in [0.3, 0.4) is 0 Å². The van der Waals surface area contributed by atoms with E-state index in [1.807, 2.05) is 0 Å². The Morgan fingerprint density at radius 1 is 1.40 bits per heavy atom. The number of alkyl halides is 2. The number of aromatic nitrogens is 1. The van der Waals surface area contributed by atoms with Crippen molar-refractivity contribution >= 4 is 39.8 Å². The largest absolute Gasteiger partial charge is 0.375 e. The fourth-order valence-electron chi connectivity index (χ4n) is 1.54. The summed E-state index contributed by atoms with van der Waals surface area (Å²) in [5, 5.41) is 3.00. The topological polar surface area (TPSA) is 68.0 Å². The van der Waals surface area contributed by atoms with E-state index < -0.39 is 5.76 Å². The highest BCUT2D eigenvalue weighted by Crippen LogP contribution is 2.27. The molecule has 0 unspecified atom stereocenters. The first-order valence-electron chi connectivity index (χ1n) is 5.55. The highest BCUT2D eigenvalue weighted by atomic mass is 32.2. The Morgan fingerprint density at radius 2 is 2.05 bits per heavy atom. The Hall–Kier alpha value is -1.67. The van der Waals surface area contributed by atoms with Crippen molar-refractivity contribution < 1.29 is 13.6 Å². The number of aryl methyl sites for hydroxylation is 1. The number of hydrogen-bond donors (Lipinski definition) is 2. The molecule has 1 amide bonds. The maximum atomic E-state index is 12.2. The molecule has 4 nitrogen and oxygen atoms in total. The Bertz CT molecular complexity index is 614. The molecule has 0 fully saturated rings. The van der Waals surface area contributed by atoms with Gasteiger partial charge in [0.15, 0.2) is 5.13 Å². The van der Waals surface area contributed by atoms with E-state index >= 15 is 0 Å². The number of amides is 1. The van der Waals surface area contributed by atoms with Crippen LogP contribution >= 0.6 is 23.1 Å². The van der Waals surface area contributed by atoms with Crippen LogP contribution in [0.2, 0.25) is 0 Å². The van der Waals surface area contributed by atoms with Crippen LogP contribution in [0.5, 0.6) is 0 Å². The molecule has 8 heteroatoms. The molecular weight excluding hydrogens is 304 g/mol. The van der Waals surface area contributed by atoms with E-state index in [2.05, 4.69) is 10.3 Å². The number of hydrogen-bond acceptors (Lipinski definition) is 5. The molecule has 0 atom stereocenters. The number of carbonyl (C=O) groups excluding carboxylic acids is 1. The number of nitrogens with one attached hydrogen (secondary N) is 1. The van der Waals surface area contributed by atoms with E-state index in [-0.39, 0.29) is 5.91 Å². The molecule has 0 saturated heterocycles. The van der Waals surface area contributed by atoms with E-state index in [1.165, 1.54) is 12.1 Å². The lowest BCUT2D eigenvalue weighted by Gasteiger charge is -2.05. The molecule has 0 spiro atoms. The summed E-state index contributed by atoms with van der Waals surface area (Å²) in [5.41, 5.74) is 6.62. The maximum absolute atomic E-state index is 12.2. The lowest BCUT2D eigenvalue weighted by molar-refractivity contribution is 0.103. The van der Waals surface area contributed by atoms with E-state index in [9.17, 15) is 13.6 Å². The van der Waals surface area contributed by atoms with Gasteiger partial charge in [0.05, 0.1) is 5.69 Å². The second kappa shape index (κ2) is 6.19. The zero-order valence-electron chi connectivity index (χ0n) is 10.4. The minimum atomic E-state index is -2.46. The second-order valence-electron chi connectivity index (χ2n) is 3.82. The van der Waals surface area contributed by atoms with Crippen molar-refractivity contribution in [1.82, 2.24) is 4.98 Å². The second-order valence-corrected chi connectivity index (χ2v) is 5.92. The number of thiazole rings is 1. The van der Waals surface area contributed by atoms with Gasteiger partial charge in [0, 0.05) is 10.6 Å². The van der Waals surface area contributed by atoms with Crippen molar-refractivity contribution in [2.24, 2.45) is 0 Å². The Labute approximate surface area is 122 Å². The summed E-state index contributed by atoms with van der Waals surface area (Å²) in [6, 6.07) is 6.20. The number of rotatable bonds is 4. The lowest BCUT2D eigenvalue weighted by Crippen LogP contribution is -2.11. The van der Waals surface area contributed by atoms with Crippen LogP contribution < -0.4 is 11.1 Å². The minimum Gasteiger partial charge on any atom is -0.375 e. The van der Waals surface area contributed by atoms with E-state index in [0.717, 1.165) is 11.3 Å². The summed E-state index contributed by atoms with van der Waals surface area (Å²) in [6.45, 7) is 1.70. The quantitative estimate of drug-likeness (QED) is 0.846. The van der Waals surface area contributed by atoms with Crippen molar-refractivity contribution in [2.45, 2.75) is 17.6 Å². The summed E-state index contributed by atoms with van der Waals surface area (Å²) in [6.07, 6.45) is 0. The fourth-order valence-corrected chi connectivity index (χ4v) is 2.76. The van der Waals surface area contributed by atoms with Gasteiger partial charge in [-0.25, -0.2) is 4.98 Å². The molecule has 2 aromatic rings. The van der Waals surface area contributed by atoms with Gasteiger partial charge in [0.2, 0.25) is 0 Å². The van der Waals surface area contributed by atoms with E-state index in [1.54, 1.807) is 19.1 Å². The molecule has 0 saturated carbocycles. The molecule has 0 aliphatic carbocycles. The first-order chi connectivity index (χ1) is 9.45. The van der Waals surface area contributed by atoms with Crippen LogP contribution in [-0.2, 0) is 0 Å². The van der Waals surface area contributed by atoms with Gasteiger partial charge in [-0.2, -0.15) is 8.78 Å². The number of carbonyl (C=O) groups is 1. The lowest BCUT2D eigenvalue weighted by atomic mass is 10.3. The molecule has 1 aromatic heterocycles. The zero-order valence-corrected chi connectivity index (χ0v) is 12.0. The van der Waals surface area contributed by atoms with Gasteiger partial charge in [-0.15, -0.1) is 0 Å². The molecule has 20 heavy (non-hydrogen) atoms. The van der Waals surface area contributed by atoms with Gasteiger partial charge in [-0.1, -0.05) is 23.1 Å². The van der Waals surface area contributed by atoms with Crippen LogP contribution in [0, 0.1) is 6.92 Å². The van der Waals surface area contributed by atoms with Crippen molar-refractivity contribution in [1.29, 1.82) is 0 Å². The molecule has 1 aromatic carbocycles. The number of thioether (sulfide) groups is 1. The average Bonchev–Trinajstić information content (AvgIpc) is 2.70. The molecule has 2 rings (SSSR count). The van der Waals surface area contributed by atoms with Gasteiger partial charge >= 0.3 is 0 Å². The van der Waals surface area contributed by atoms with Gasteiger partial charge in [0.25, 0.3) is 11.7 Å². The van der Waals surface area contributed by atoms with Crippen molar-refractivity contribution in [3.05, 3.63) is 34.8 Å². The average molecular weight is 315 g/mol. The predicted molar refractivity (Wildman–Crippen MR) is 77.5 cm³/mol. The SMILES string of the molecule is Cc1nc(N)sc1C(=O)Nc1ccc(SC(F)F)cc1. The number of anilines is 2. The molecule has 0 bridgehead atoms. The maximum Gasteiger partial charge on any atom is 0.288 e. The molecular formula is C12H11F2N3OS2. The van der Waals surface area contributed by atoms with Crippen molar-refractivity contribution in [3.63, 3.8) is 0 Å². The monoisotopic (exact) mass is 315 g/mol.